The zero-order valence-electron chi connectivity index (χ0n) is 18.8. The molecular weight excluding hydrogens is 414 g/mol. The first kappa shape index (κ1) is 20.3. The summed E-state index contributed by atoms with van der Waals surface area (Å²) in [6, 6.07) is 8.52. The third-order valence-electron chi connectivity index (χ3n) is 6.34. The van der Waals surface area contributed by atoms with Gasteiger partial charge in [0, 0.05) is 31.4 Å². The lowest BCUT2D eigenvalue weighted by atomic mass is 10.0. The van der Waals surface area contributed by atoms with Crippen molar-refractivity contribution in [3.05, 3.63) is 53.2 Å². The first-order valence-electron chi connectivity index (χ1n) is 11.7. The van der Waals surface area contributed by atoms with Crippen molar-refractivity contribution in [3.63, 3.8) is 0 Å². The van der Waals surface area contributed by atoms with Gasteiger partial charge in [-0.3, -0.25) is 0 Å². The predicted molar refractivity (Wildman–Crippen MR) is 130 cm³/mol. The number of anilines is 1. The van der Waals surface area contributed by atoms with E-state index >= 15 is 0 Å². The maximum Gasteiger partial charge on any atom is 0.229 e. The summed E-state index contributed by atoms with van der Waals surface area (Å²) in [5.74, 6) is 1.55. The van der Waals surface area contributed by atoms with Crippen LogP contribution in [-0.2, 0) is 17.7 Å². The summed E-state index contributed by atoms with van der Waals surface area (Å²) in [4.78, 5) is 16.9. The van der Waals surface area contributed by atoms with E-state index in [-0.39, 0.29) is 0 Å². The average molecular weight is 442 g/mol. The number of nitrogens with one attached hydrogen (secondary N) is 1. The minimum atomic E-state index is 0.600. The molecule has 1 aliphatic heterocycles. The van der Waals surface area contributed by atoms with Crippen LogP contribution in [0, 0.1) is 0 Å². The van der Waals surface area contributed by atoms with E-state index in [1.54, 1.807) is 0 Å². The second-order valence-electron chi connectivity index (χ2n) is 8.61. The molecule has 3 aromatic heterocycles. The number of hydrogen-bond donors (Lipinski definition) is 1. The van der Waals surface area contributed by atoms with Gasteiger partial charge in [0.15, 0.2) is 17.2 Å². The van der Waals surface area contributed by atoms with Crippen LogP contribution >= 0.6 is 0 Å². The quantitative estimate of drug-likeness (QED) is 0.446. The van der Waals surface area contributed by atoms with Crippen LogP contribution in [-0.4, -0.2) is 47.8 Å². The number of pyridine rings is 1. The van der Waals surface area contributed by atoms with E-state index in [0.29, 0.717) is 24.5 Å². The molecule has 1 saturated heterocycles. The third kappa shape index (κ3) is 3.67. The highest BCUT2D eigenvalue weighted by molar-refractivity contribution is 6.05. The highest BCUT2D eigenvalue weighted by atomic mass is 16.5. The molecule has 7 nitrogen and oxygen atoms in total. The molecule has 0 spiro atoms. The molecule has 6 rings (SSSR count). The number of rotatable bonds is 6. The molecule has 0 amide bonds. The summed E-state index contributed by atoms with van der Waals surface area (Å²) in [6.07, 6.45) is 8.31. The minimum Gasteiger partial charge on any atom is -0.432 e. The van der Waals surface area contributed by atoms with Gasteiger partial charge in [0.2, 0.25) is 5.71 Å². The Bertz CT molecular complexity index is 1350. The van der Waals surface area contributed by atoms with Crippen LogP contribution < -0.4 is 10.2 Å². The number of morpholine rings is 1. The molecule has 0 radical (unpaired) electrons. The standard InChI is InChI=1S/C26H27N5O2/c1-2-9-27-15-17-14-21-22-23(33-26(21)28-16-17)25(31-10-12-32-13-11-31)30-24(29-22)20-8-4-6-18-5-3-7-19(18)20/h3-4,6-8,14,16,27H,2,5,9-13,15H2,1H3. The lowest BCUT2D eigenvalue weighted by molar-refractivity contribution is 0.122. The van der Waals surface area contributed by atoms with Crippen LogP contribution in [0.5, 0.6) is 0 Å². The van der Waals surface area contributed by atoms with E-state index in [1.165, 1.54) is 11.1 Å². The van der Waals surface area contributed by atoms with Gasteiger partial charge in [0.05, 0.1) is 18.6 Å². The van der Waals surface area contributed by atoms with E-state index in [4.69, 9.17) is 19.1 Å². The second-order valence-corrected chi connectivity index (χ2v) is 8.61. The van der Waals surface area contributed by atoms with Gasteiger partial charge >= 0.3 is 0 Å². The van der Waals surface area contributed by atoms with Gasteiger partial charge in [0.25, 0.3) is 0 Å². The van der Waals surface area contributed by atoms with Crippen molar-refractivity contribution in [3.8, 4) is 11.4 Å². The fourth-order valence-corrected chi connectivity index (χ4v) is 4.66. The summed E-state index contributed by atoms with van der Waals surface area (Å²) in [6.45, 7) is 6.81. The Morgan fingerprint density at radius 2 is 2.06 bits per heavy atom. The summed E-state index contributed by atoms with van der Waals surface area (Å²) in [5, 5.41) is 4.38. The van der Waals surface area contributed by atoms with Gasteiger partial charge in [-0.25, -0.2) is 15.0 Å². The number of hydrogen-bond acceptors (Lipinski definition) is 7. The molecular formula is C26H27N5O2. The van der Waals surface area contributed by atoms with Crippen LogP contribution in [0.1, 0.15) is 30.0 Å². The summed E-state index contributed by atoms with van der Waals surface area (Å²) >= 11 is 0. The first-order valence-corrected chi connectivity index (χ1v) is 11.7. The number of furan rings is 1. The molecule has 2 aliphatic rings. The third-order valence-corrected chi connectivity index (χ3v) is 6.34. The van der Waals surface area contributed by atoms with Crippen molar-refractivity contribution >= 4 is 34.1 Å². The topological polar surface area (TPSA) is 76.3 Å². The van der Waals surface area contributed by atoms with Gasteiger partial charge in [-0.1, -0.05) is 37.3 Å². The van der Waals surface area contributed by atoms with Crippen LogP contribution in [0.4, 0.5) is 5.82 Å². The number of allylic oxidation sites excluding steroid dienone is 1. The molecule has 33 heavy (non-hydrogen) atoms. The molecule has 0 saturated carbocycles. The second kappa shape index (κ2) is 8.57. The van der Waals surface area contributed by atoms with Crippen molar-refractivity contribution in [2.45, 2.75) is 26.3 Å². The molecule has 168 valence electrons. The Balaban J connectivity index is 1.55. The van der Waals surface area contributed by atoms with Crippen molar-refractivity contribution in [1.29, 1.82) is 0 Å². The molecule has 1 fully saturated rings. The fraction of sp³-hybridized carbons (Fsp3) is 0.346. The van der Waals surface area contributed by atoms with E-state index in [0.717, 1.165) is 72.7 Å². The number of fused-ring (bicyclic) bond motifs is 4. The molecule has 1 aliphatic carbocycles. The first-order chi connectivity index (χ1) is 16.3. The Kier molecular flexibility index (Phi) is 5.28. The molecule has 7 heteroatoms. The lowest BCUT2D eigenvalue weighted by Gasteiger charge is -2.27. The Morgan fingerprint density at radius 3 is 2.94 bits per heavy atom. The van der Waals surface area contributed by atoms with E-state index in [1.807, 2.05) is 6.20 Å². The van der Waals surface area contributed by atoms with Crippen molar-refractivity contribution in [2.24, 2.45) is 0 Å². The van der Waals surface area contributed by atoms with Crippen molar-refractivity contribution in [1.82, 2.24) is 20.3 Å². The summed E-state index contributed by atoms with van der Waals surface area (Å²) in [5.41, 5.74) is 6.82. The lowest BCUT2D eigenvalue weighted by Crippen LogP contribution is -2.37. The van der Waals surface area contributed by atoms with Gasteiger partial charge in [0.1, 0.15) is 5.52 Å². The minimum absolute atomic E-state index is 0.600. The molecule has 0 bridgehead atoms. The van der Waals surface area contributed by atoms with Crippen molar-refractivity contribution < 1.29 is 9.15 Å². The highest BCUT2D eigenvalue weighted by Gasteiger charge is 2.24. The van der Waals surface area contributed by atoms with Crippen LogP contribution in [0.2, 0.25) is 0 Å². The van der Waals surface area contributed by atoms with Crippen LogP contribution in [0.15, 0.2) is 41.0 Å². The molecule has 0 unspecified atom stereocenters. The number of nitrogens with zero attached hydrogens (tertiary/aromatic N) is 4. The summed E-state index contributed by atoms with van der Waals surface area (Å²) in [7, 11) is 0. The van der Waals surface area contributed by atoms with E-state index < -0.39 is 0 Å². The maximum absolute atomic E-state index is 6.25. The van der Waals surface area contributed by atoms with E-state index in [2.05, 4.69) is 58.5 Å². The number of benzene rings is 1. The van der Waals surface area contributed by atoms with Crippen molar-refractivity contribution in [2.75, 3.05) is 37.7 Å². The van der Waals surface area contributed by atoms with Gasteiger partial charge < -0.3 is 19.4 Å². The number of ether oxygens (including phenoxy) is 1. The van der Waals surface area contributed by atoms with Gasteiger partial charge in [-0.15, -0.1) is 0 Å². The molecule has 1 aromatic carbocycles. The summed E-state index contributed by atoms with van der Waals surface area (Å²) < 4.78 is 11.8. The van der Waals surface area contributed by atoms with Gasteiger partial charge in [-0.05, 0) is 42.1 Å². The maximum atomic E-state index is 6.25. The molecule has 0 atom stereocenters. The molecule has 4 aromatic rings. The average Bonchev–Trinajstić information content (AvgIpc) is 3.48. The Labute approximate surface area is 192 Å². The zero-order valence-corrected chi connectivity index (χ0v) is 18.8. The van der Waals surface area contributed by atoms with Gasteiger partial charge in [-0.2, -0.15) is 0 Å². The highest BCUT2D eigenvalue weighted by Crippen LogP contribution is 2.37. The smallest absolute Gasteiger partial charge is 0.229 e. The molecule has 4 heterocycles. The predicted octanol–water partition coefficient (Wildman–Crippen LogP) is 4.34. The Morgan fingerprint density at radius 1 is 1.15 bits per heavy atom. The molecule has 1 N–H and O–H groups in total. The largest absolute Gasteiger partial charge is 0.432 e. The zero-order chi connectivity index (χ0) is 22.2. The Hall–Kier alpha value is -3.29. The van der Waals surface area contributed by atoms with E-state index in [9.17, 15) is 0 Å². The fourth-order valence-electron chi connectivity index (χ4n) is 4.66. The number of aromatic nitrogens is 3. The SMILES string of the molecule is CCCNCc1cnc2oc3c(N4CCOCC4)nc(-c4cccc5c4C=CC5)nc3c2c1. The van der Waals surface area contributed by atoms with Crippen LogP contribution in [0.25, 0.3) is 39.7 Å². The normalized spacial score (nSPS) is 15.6. The van der Waals surface area contributed by atoms with Crippen LogP contribution in [0.3, 0.4) is 0 Å². The monoisotopic (exact) mass is 441 g/mol.